The van der Waals surface area contributed by atoms with E-state index in [2.05, 4.69) is 10.1 Å². The molecule has 7 nitrogen and oxygen atoms in total. The third-order valence-corrected chi connectivity index (χ3v) is 4.48. The van der Waals surface area contributed by atoms with Crippen molar-refractivity contribution in [2.24, 2.45) is 0 Å². The number of aromatic nitrogens is 4. The van der Waals surface area contributed by atoms with Crippen molar-refractivity contribution in [3.8, 4) is 5.82 Å². The maximum Gasteiger partial charge on any atom is 0.278 e. The van der Waals surface area contributed by atoms with E-state index < -0.39 is 0 Å². The Labute approximate surface area is 145 Å². The third kappa shape index (κ3) is 2.66. The second-order valence-electron chi connectivity index (χ2n) is 6.24. The fraction of sp³-hybridized carbons (Fsp3) is 0.333. The van der Waals surface area contributed by atoms with Gasteiger partial charge in [-0.3, -0.25) is 9.63 Å². The average molecular weight is 337 g/mol. The Kier molecular flexibility index (Phi) is 3.73. The Bertz CT molecular complexity index is 947. The molecule has 0 aliphatic heterocycles. The first-order valence-electron chi connectivity index (χ1n) is 8.24. The van der Waals surface area contributed by atoms with Gasteiger partial charge in [0, 0.05) is 24.9 Å². The molecule has 1 amide bonds. The van der Waals surface area contributed by atoms with E-state index in [9.17, 15) is 4.79 Å². The molecule has 0 atom stereocenters. The maximum absolute atomic E-state index is 12.8. The predicted molar refractivity (Wildman–Crippen MR) is 92.5 cm³/mol. The monoisotopic (exact) mass is 337 g/mol. The van der Waals surface area contributed by atoms with Gasteiger partial charge in [-0.05, 0) is 38.0 Å². The first kappa shape index (κ1) is 15.7. The number of pyridine rings is 2. The lowest BCUT2D eigenvalue weighted by atomic mass is 10.1. The van der Waals surface area contributed by atoms with Gasteiger partial charge < -0.3 is 0 Å². The lowest BCUT2D eigenvalue weighted by Crippen LogP contribution is -2.26. The SMILES string of the molecule is CON(C)C(=O)c1cc(C2CC2)nc2c1c(C)nn2-c1ccccn1. The quantitative estimate of drug-likeness (QED) is 0.684. The zero-order chi connectivity index (χ0) is 17.6. The molecule has 3 heterocycles. The third-order valence-electron chi connectivity index (χ3n) is 4.48. The van der Waals surface area contributed by atoms with Crippen molar-refractivity contribution in [3.05, 3.63) is 47.4 Å². The molecule has 7 heteroatoms. The Morgan fingerprint density at radius 2 is 2.16 bits per heavy atom. The van der Waals surface area contributed by atoms with Crippen LogP contribution in [-0.4, -0.2) is 44.9 Å². The van der Waals surface area contributed by atoms with Crippen LogP contribution in [0.1, 0.15) is 40.5 Å². The minimum atomic E-state index is -0.208. The lowest BCUT2D eigenvalue weighted by Gasteiger charge is -2.15. The molecule has 0 unspecified atom stereocenters. The normalized spacial score (nSPS) is 14.0. The van der Waals surface area contributed by atoms with E-state index in [1.54, 1.807) is 17.9 Å². The summed E-state index contributed by atoms with van der Waals surface area (Å²) in [7, 11) is 3.08. The van der Waals surface area contributed by atoms with Crippen molar-refractivity contribution in [3.63, 3.8) is 0 Å². The molecule has 1 aliphatic rings. The molecule has 0 saturated heterocycles. The summed E-state index contributed by atoms with van der Waals surface area (Å²) in [6.07, 6.45) is 3.92. The summed E-state index contributed by atoms with van der Waals surface area (Å²) < 4.78 is 1.71. The summed E-state index contributed by atoms with van der Waals surface area (Å²) in [6.45, 7) is 1.88. The van der Waals surface area contributed by atoms with Crippen molar-refractivity contribution in [2.75, 3.05) is 14.2 Å². The van der Waals surface area contributed by atoms with Crippen LogP contribution in [-0.2, 0) is 4.84 Å². The van der Waals surface area contributed by atoms with E-state index in [0.717, 1.165) is 29.6 Å². The summed E-state index contributed by atoms with van der Waals surface area (Å²) >= 11 is 0. The van der Waals surface area contributed by atoms with E-state index in [4.69, 9.17) is 9.82 Å². The molecule has 3 aromatic rings. The Morgan fingerprint density at radius 1 is 1.36 bits per heavy atom. The Hall–Kier alpha value is -2.80. The highest BCUT2D eigenvalue weighted by Crippen LogP contribution is 2.40. The molecule has 3 aromatic heterocycles. The first-order chi connectivity index (χ1) is 12.1. The molecule has 0 radical (unpaired) electrons. The fourth-order valence-electron chi connectivity index (χ4n) is 2.96. The number of carbonyl (C=O) groups is 1. The molecule has 0 N–H and O–H groups in total. The van der Waals surface area contributed by atoms with Crippen molar-refractivity contribution >= 4 is 16.9 Å². The molecule has 1 saturated carbocycles. The predicted octanol–water partition coefficient (Wildman–Crippen LogP) is 2.63. The van der Waals surface area contributed by atoms with Crippen molar-refractivity contribution in [1.29, 1.82) is 0 Å². The van der Waals surface area contributed by atoms with Crippen LogP contribution in [0, 0.1) is 6.92 Å². The van der Waals surface area contributed by atoms with Gasteiger partial charge in [0.15, 0.2) is 11.5 Å². The number of nitrogens with zero attached hydrogens (tertiary/aromatic N) is 5. The summed E-state index contributed by atoms with van der Waals surface area (Å²) in [5, 5.41) is 6.55. The number of hydroxylamine groups is 2. The van der Waals surface area contributed by atoms with Crippen molar-refractivity contribution < 1.29 is 9.63 Å². The van der Waals surface area contributed by atoms with Gasteiger partial charge in [0.2, 0.25) is 0 Å². The van der Waals surface area contributed by atoms with Gasteiger partial charge in [0.25, 0.3) is 5.91 Å². The highest BCUT2D eigenvalue weighted by atomic mass is 16.7. The fourth-order valence-corrected chi connectivity index (χ4v) is 2.96. The molecule has 4 rings (SSSR count). The maximum atomic E-state index is 12.8. The van der Waals surface area contributed by atoms with Crippen LogP contribution in [0.25, 0.3) is 16.9 Å². The standard InChI is InChI=1S/C18H19N5O2/c1-11-16-13(18(24)22(2)25-3)10-14(12-7-8-12)20-17(16)23(21-11)15-6-4-5-9-19-15/h4-6,9-10,12H,7-8H2,1-3H3. The molecule has 1 fully saturated rings. The summed E-state index contributed by atoms with van der Waals surface area (Å²) in [6, 6.07) is 7.52. The van der Waals surface area contributed by atoms with Crippen LogP contribution >= 0.6 is 0 Å². The highest BCUT2D eigenvalue weighted by Gasteiger charge is 2.29. The van der Waals surface area contributed by atoms with Crippen LogP contribution in [0.3, 0.4) is 0 Å². The molecule has 128 valence electrons. The molecular formula is C18H19N5O2. The minimum absolute atomic E-state index is 0.208. The number of amides is 1. The number of rotatable bonds is 4. The molecule has 1 aliphatic carbocycles. The van der Waals surface area contributed by atoms with Crippen molar-refractivity contribution in [1.82, 2.24) is 24.8 Å². The number of hydrogen-bond acceptors (Lipinski definition) is 5. The van der Waals surface area contributed by atoms with Crippen LogP contribution in [0.15, 0.2) is 30.5 Å². The number of fused-ring (bicyclic) bond motifs is 1. The second-order valence-corrected chi connectivity index (χ2v) is 6.24. The molecular weight excluding hydrogens is 318 g/mol. The topological polar surface area (TPSA) is 73.1 Å². The zero-order valence-corrected chi connectivity index (χ0v) is 14.4. The van der Waals surface area contributed by atoms with Crippen LogP contribution in [0.4, 0.5) is 0 Å². The zero-order valence-electron chi connectivity index (χ0n) is 14.4. The second kappa shape index (κ2) is 5.93. The summed E-state index contributed by atoms with van der Waals surface area (Å²) in [5.74, 6) is 0.885. The number of aryl methyl sites for hydroxylation is 1. The van der Waals surface area contributed by atoms with Crippen molar-refractivity contribution in [2.45, 2.75) is 25.7 Å². The minimum Gasteiger partial charge on any atom is -0.274 e. The molecule has 25 heavy (non-hydrogen) atoms. The first-order valence-corrected chi connectivity index (χ1v) is 8.24. The summed E-state index contributed by atoms with van der Waals surface area (Å²) in [4.78, 5) is 27.1. The Balaban J connectivity index is 1.99. The average Bonchev–Trinajstić information content (AvgIpc) is 3.44. The van der Waals surface area contributed by atoms with Gasteiger partial charge in [0.1, 0.15) is 0 Å². The number of carbonyl (C=O) groups excluding carboxylic acids is 1. The molecule has 0 aromatic carbocycles. The highest BCUT2D eigenvalue weighted by molar-refractivity contribution is 6.06. The van der Waals surface area contributed by atoms with E-state index in [-0.39, 0.29) is 5.91 Å². The Morgan fingerprint density at radius 3 is 2.80 bits per heavy atom. The van der Waals surface area contributed by atoms with Crippen LogP contribution in [0.5, 0.6) is 0 Å². The lowest BCUT2D eigenvalue weighted by molar-refractivity contribution is -0.0755. The van der Waals surface area contributed by atoms with E-state index >= 15 is 0 Å². The van der Waals surface area contributed by atoms with Crippen LogP contribution < -0.4 is 0 Å². The van der Waals surface area contributed by atoms with Crippen LogP contribution in [0.2, 0.25) is 0 Å². The van der Waals surface area contributed by atoms with E-state index in [0.29, 0.717) is 22.9 Å². The van der Waals surface area contributed by atoms with Gasteiger partial charge in [-0.25, -0.2) is 15.0 Å². The van der Waals surface area contributed by atoms with Gasteiger partial charge in [-0.15, -0.1) is 0 Å². The number of hydrogen-bond donors (Lipinski definition) is 0. The largest absolute Gasteiger partial charge is 0.278 e. The van der Waals surface area contributed by atoms with Gasteiger partial charge >= 0.3 is 0 Å². The van der Waals surface area contributed by atoms with Gasteiger partial charge in [0.05, 0.1) is 23.8 Å². The van der Waals surface area contributed by atoms with E-state index in [1.165, 1.54) is 12.2 Å². The molecule has 0 spiro atoms. The van der Waals surface area contributed by atoms with E-state index in [1.807, 2.05) is 31.2 Å². The van der Waals surface area contributed by atoms with Gasteiger partial charge in [-0.1, -0.05) is 6.07 Å². The smallest absolute Gasteiger partial charge is 0.274 e. The van der Waals surface area contributed by atoms with Gasteiger partial charge in [-0.2, -0.15) is 9.78 Å². The molecule has 0 bridgehead atoms. The summed E-state index contributed by atoms with van der Waals surface area (Å²) in [5.41, 5.74) is 2.89.